The molecule has 0 unspecified atom stereocenters. The van der Waals surface area contributed by atoms with Crippen molar-refractivity contribution in [3.63, 3.8) is 0 Å². The van der Waals surface area contributed by atoms with Crippen LogP contribution in [0.2, 0.25) is 0 Å². The molecule has 1 saturated heterocycles. The Morgan fingerprint density at radius 2 is 1.89 bits per heavy atom. The highest BCUT2D eigenvalue weighted by atomic mass is 16.7. The summed E-state index contributed by atoms with van der Waals surface area (Å²) in [6.45, 7) is 1.14. The molecule has 1 aromatic carbocycles. The predicted molar refractivity (Wildman–Crippen MR) is 61.9 cm³/mol. The standard InChI is InChI=1S/C13H14O5/c14-12(15)13(3-5-16-6-4-13)9-1-2-10-11(7-9)18-8-17-10/h1-2,7H,3-6,8H2,(H,14,15). The molecule has 3 rings (SSSR count). The number of fused-ring (bicyclic) bond motifs is 1. The van der Waals surface area contributed by atoms with Crippen molar-refractivity contribution in [2.24, 2.45) is 0 Å². The molecule has 0 spiro atoms. The number of carbonyl (C=O) groups is 1. The number of aliphatic carboxylic acids is 1. The zero-order valence-corrected chi connectivity index (χ0v) is 9.85. The summed E-state index contributed by atoms with van der Waals surface area (Å²) in [5.41, 5.74) is -0.0956. The second-order valence-corrected chi connectivity index (χ2v) is 4.57. The van der Waals surface area contributed by atoms with E-state index < -0.39 is 11.4 Å². The Labute approximate surface area is 104 Å². The van der Waals surface area contributed by atoms with Crippen molar-refractivity contribution in [2.75, 3.05) is 20.0 Å². The molecule has 0 saturated carbocycles. The van der Waals surface area contributed by atoms with Crippen molar-refractivity contribution in [3.8, 4) is 11.5 Å². The third-order valence-electron chi connectivity index (χ3n) is 3.68. The van der Waals surface area contributed by atoms with Gasteiger partial charge in [-0.05, 0) is 30.5 Å². The van der Waals surface area contributed by atoms with Gasteiger partial charge in [-0.3, -0.25) is 4.79 Å². The molecule has 2 heterocycles. The Bertz CT molecular complexity index is 476. The minimum Gasteiger partial charge on any atom is -0.481 e. The number of carboxylic acids is 1. The van der Waals surface area contributed by atoms with Crippen LogP contribution >= 0.6 is 0 Å². The van der Waals surface area contributed by atoms with E-state index in [1.54, 1.807) is 12.1 Å². The highest BCUT2D eigenvalue weighted by Crippen LogP contribution is 2.40. The maximum Gasteiger partial charge on any atom is 0.314 e. The van der Waals surface area contributed by atoms with Crippen LogP contribution in [0.15, 0.2) is 18.2 Å². The largest absolute Gasteiger partial charge is 0.481 e. The van der Waals surface area contributed by atoms with Crippen LogP contribution in [0.5, 0.6) is 11.5 Å². The second-order valence-electron chi connectivity index (χ2n) is 4.57. The predicted octanol–water partition coefficient (Wildman–Crippen LogP) is 1.55. The maximum atomic E-state index is 11.6. The van der Waals surface area contributed by atoms with Crippen molar-refractivity contribution in [3.05, 3.63) is 23.8 Å². The molecule has 0 radical (unpaired) electrons. The monoisotopic (exact) mass is 250 g/mol. The average molecular weight is 250 g/mol. The van der Waals surface area contributed by atoms with E-state index in [4.69, 9.17) is 14.2 Å². The van der Waals surface area contributed by atoms with Gasteiger partial charge >= 0.3 is 5.97 Å². The smallest absolute Gasteiger partial charge is 0.314 e. The Hall–Kier alpha value is -1.75. The van der Waals surface area contributed by atoms with Gasteiger partial charge in [0.15, 0.2) is 11.5 Å². The highest BCUT2D eigenvalue weighted by molar-refractivity contribution is 5.82. The van der Waals surface area contributed by atoms with Gasteiger partial charge in [0.1, 0.15) is 0 Å². The fraction of sp³-hybridized carbons (Fsp3) is 0.462. The zero-order valence-electron chi connectivity index (χ0n) is 9.85. The van der Waals surface area contributed by atoms with E-state index in [1.807, 2.05) is 6.07 Å². The molecule has 1 aromatic rings. The second kappa shape index (κ2) is 4.17. The van der Waals surface area contributed by atoms with Gasteiger partial charge in [0.2, 0.25) is 6.79 Å². The molecular formula is C13H14O5. The zero-order chi connectivity index (χ0) is 12.6. The molecule has 96 valence electrons. The normalized spacial score (nSPS) is 20.7. The summed E-state index contributed by atoms with van der Waals surface area (Å²) < 4.78 is 15.8. The van der Waals surface area contributed by atoms with Gasteiger partial charge in [-0.2, -0.15) is 0 Å². The molecule has 0 aromatic heterocycles. The summed E-state index contributed by atoms with van der Waals surface area (Å²) in [5.74, 6) is 0.496. The summed E-state index contributed by atoms with van der Waals surface area (Å²) in [7, 11) is 0. The van der Waals surface area contributed by atoms with Crippen molar-refractivity contribution in [1.82, 2.24) is 0 Å². The van der Waals surface area contributed by atoms with Crippen LogP contribution in [0.1, 0.15) is 18.4 Å². The number of rotatable bonds is 2. The van der Waals surface area contributed by atoms with Crippen LogP contribution in [-0.2, 0) is 14.9 Å². The summed E-state index contributed by atoms with van der Waals surface area (Å²) >= 11 is 0. The van der Waals surface area contributed by atoms with E-state index in [9.17, 15) is 9.90 Å². The van der Waals surface area contributed by atoms with E-state index >= 15 is 0 Å². The third-order valence-corrected chi connectivity index (χ3v) is 3.68. The summed E-state index contributed by atoms with van der Waals surface area (Å²) in [6, 6.07) is 5.37. The van der Waals surface area contributed by atoms with Crippen LogP contribution in [0.4, 0.5) is 0 Å². The third kappa shape index (κ3) is 1.62. The highest BCUT2D eigenvalue weighted by Gasteiger charge is 2.42. The summed E-state index contributed by atoms with van der Waals surface area (Å²) in [4.78, 5) is 11.6. The Balaban J connectivity index is 2.02. The quantitative estimate of drug-likeness (QED) is 0.862. The van der Waals surface area contributed by atoms with Gasteiger partial charge in [-0.25, -0.2) is 0 Å². The molecule has 5 heteroatoms. The SMILES string of the molecule is O=C(O)C1(c2ccc3c(c2)OCO3)CCOCC1. The van der Waals surface area contributed by atoms with E-state index in [1.165, 1.54) is 0 Å². The first kappa shape index (κ1) is 11.3. The Morgan fingerprint density at radius 1 is 1.17 bits per heavy atom. The average Bonchev–Trinajstić information content (AvgIpc) is 2.86. The minimum absolute atomic E-state index is 0.196. The summed E-state index contributed by atoms with van der Waals surface area (Å²) in [6.07, 6.45) is 0.976. The Morgan fingerprint density at radius 3 is 2.61 bits per heavy atom. The number of benzene rings is 1. The molecule has 0 bridgehead atoms. The van der Waals surface area contributed by atoms with Gasteiger partial charge in [-0.15, -0.1) is 0 Å². The van der Waals surface area contributed by atoms with Gasteiger partial charge in [0.05, 0.1) is 5.41 Å². The van der Waals surface area contributed by atoms with Gasteiger partial charge < -0.3 is 19.3 Å². The molecule has 0 amide bonds. The number of carboxylic acid groups (broad SMARTS) is 1. The Kier molecular flexibility index (Phi) is 2.63. The van der Waals surface area contributed by atoms with E-state index in [0.29, 0.717) is 37.6 Å². The van der Waals surface area contributed by atoms with Gasteiger partial charge in [0.25, 0.3) is 0 Å². The van der Waals surface area contributed by atoms with Crippen molar-refractivity contribution in [1.29, 1.82) is 0 Å². The van der Waals surface area contributed by atoms with Crippen LogP contribution in [0.3, 0.4) is 0 Å². The van der Waals surface area contributed by atoms with E-state index in [-0.39, 0.29) is 6.79 Å². The van der Waals surface area contributed by atoms with Crippen LogP contribution < -0.4 is 9.47 Å². The van der Waals surface area contributed by atoms with Gasteiger partial charge in [0, 0.05) is 13.2 Å². The molecular weight excluding hydrogens is 236 g/mol. The lowest BCUT2D eigenvalue weighted by Crippen LogP contribution is -2.41. The first-order chi connectivity index (χ1) is 8.72. The van der Waals surface area contributed by atoms with Crippen molar-refractivity contribution < 1.29 is 24.1 Å². The molecule has 2 aliphatic rings. The first-order valence-corrected chi connectivity index (χ1v) is 5.94. The fourth-order valence-corrected chi connectivity index (χ4v) is 2.54. The van der Waals surface area contributed by atoms with Crippen molar-refractivity contribution >= 4 is 5.97 Å². The maximum absolute atomic E-state index is 11.6. The molecule has 0 aliphatic carbocycles. The minimum atomic E-state index is -0.862. The molecule has 1 N–H and O–H groups in total. The van der Waals surface area contributed by atoms with Crippen LogP contribution in [0, 0.1) is 0 Å². The molecule has 5 nitrogen and oxygen atoms in total. The summed E-state index contributed by atoms with van der Waals surface area (Å²) in [5, 5.41) is 9.56. The number of hydrogen-bond donors (Lipinski definition) is 1. The molecule has 18 heavy (non-hydrogen) atoms. The lowest BCUT2D eigenvalue weighted by atomic mass is 9.74. The lowest BCUT2D eigenvalue weighted by Gasteiger charge is -2.33. The first-order valence-electron chi connectivity index (χ1n) is 5.94. The fourth-order valence-electron chi connectivity index (χ4n) is 2.54. The topological polar surface area (TPSA) is 65.0 Å². The molecule has 2 aliphatic heterocycles. The lowest BCUT2D eigenvalue weighted by molar-refractivity contribution is -0.147. The molecule has 0 atom stereocenters. The van der Waals surface area contributed by atoms with E-state index in [0.717, 1.165) is 5.56 Å². The van der Waals surface area contributed by atoms with Crippen LogP contribution in [-0.4, -0.2) is 31.1 Å². The number of hydrogen-bond acceptors (Lipinski definition) is 4. The molecule has 1 fully saturated rings. The van der Waals surface area contributed by atoms with Crippen LogP contribution in [0.25, 0.3) is 0 Å². The number of ether oxygens (including phenoxy) is 3. The van der Waals surface area contributed by atoms with Gasteiger partial charge in [-0.1, -0.05) is 6.07 Å². The van der Waals surface area contributed by atoms with Crippen molar-refractivity contribution in [2.45, 2.75) is 18.3 Å². The van der Waals surface area contributed by atoms with E-state index in [2.05, 4.69) is 0 Å².